The van der Waals surface area contributed by atoms with Crippen LogP contribution in [0.5, 0.6) is 0 Å². The summed E-state index contributed by atoms with van der Waals surface area (Å²) >= 11 is 3.34. The smallest absolute Gasteiger partial charge is 0.157 e. The largest absolute Gasteiger partial charge is 0.454 e. The molecular weight excluding hydrogens is 312 g/mol. The Morgan fingerprint density at radius 1 is 1.05 bits per heavy atom. The van der Waals surface area contributed by atoms with E-state index in [4.69, 9.17) is 9.40 Å². The lowest BCUT2D eigenvalue weighted by Gasteiger charge is -1.93. The molecule has 0 bridgehead atoms. The average molecular weight is 326 g/mol. The monoisotopic (exact) mass is 326 g/mol. The molecule has 3 heterocycles. The van der Waals surface area contributed by atoms with Gasteiger partial charge in [0.2, 0.25) is 0 Å². The zero-order chi connectivity index (χ0) is 15.1. The SMILES string of the molecule is Cc1nc(Cc2nc(-c3oc4ccccc4c3C)cs2)cs1. The van der Waals surface area contributed by atoms with Gasteiger partial charge in [0.15, 0.2) is 5.76 Å². The fraction of sp³-hybridized carbons (Fsp3) is 0.176. The van der Waals surface area contributed by atoms with Gasteiger partial charge in [0.25, 0.3) is 0 Å². The minimum atomic E-state index is 0.786. The quantitative estimate of drug-likeness (QED) is 0.518. The highest BCUT2D eigenvalue weighted by Gasteiger charge is 2.15. The predicted molar refractivity (Wildman–Crippen MR) is 91.7 cm³/mol. The Bertz CT molecular complexity index is 949. The highest BCUT2D eigenvalue weighted by atomic mass is 32.1. The van der Waals surface area contributed by atoms with Crippen LogP contribution in [0.15, 0.2) is 39.4 Å². The first kappa shape index (κ1) is 13.7. The summed E-state index contributed by atoms with van der Waals surface area (Å²) in [5.41, 5.74) is 4.07. The fourth-order valence-electron chi connectivity index (χ4n) is 2.56. The number of hydrogen-bond acceptors (Lipinski definition) is 5. The van der Waals surface area contributed by atoms with E-state index in [0.717, 1.165) is 50.1 Å². The summed E-state index contributed by atoms with van der Waals surface area (Å²) in [5.74, 6) is 0.873. The molecule has 0 unspecified atom stereocenters. The lowest BCUT2D eigenvalue weighted by molar-refractivity contribution is 0.626. The van der Waals surface area contributed by atoms with Crippen molar-refractivity contribution in [3.63, 3.8) is 0 Å². The maximum absolute atomic E-state index is 5.98. The Balaban J connectivity index is 1.69. The molecule has 1 aromatic carbocycles. The molecule has 0 aliphatic heterocycles. The van der Waals surface area contributed by atoms with Crippen molar-refractivity contribution in [1.82, 2.24) is 9.97 Å². The molecule has 0 N–H and O–H groups in total. The van der Waals surface area contributed by atoms with Gasteiger partial charge in [0.05, 0.1) is 15.7 Å². The van der Waals surface area contributed by atoms with Crippen molar-refractivity contribution in [3.05, 3.63) is 56.3 Å². The van der Waals surface area contributed by atoms with Crippen molar-refractivity contribution in [3.8, 4) is 11.5 Å². The van der Waals surface area contributed by atoms with E-state index in [9.17, 15) is 0 Å². The molecule has 0 radical (unpaired) electrons. The molecule has 0 saturated carbocycles. The van der Waals surface area contributed by atoms with Crippen molar-refractivity contribution in [2.75, 3.05) is 0 Å². The number of aromatic nitrogens is 2. The maximum Gasteiger partial charge on any atom is 0.157 e. The molecule has 0 spiro atoms. The number of benzene rings is 1. The summed E-state index contributed by atoms with van der Waals surface area (Å²) in [5, 5.41) is 7.49. The lowest BCUT2D eigenvalue weighted by atomic mass is 10.1. The molecule has 4 aromatic rings. The predicted octanol–water partition coefficient (Wildman–Crippen LogP) is 5.22. The second-order valence-electron chi connectivity index (χ2n) is 5.21. The van der Waals surface area contributed by atoms with E-state index in [1.165, 1.54) is 0 Å². The average Bonchev–Trinajstić information content (AvgIpc) is 3.21. The Hall–Kier alpha value is -1.98. The highest BCUT2D eigenvalue weighted by molar-refractivity contribution is 7.10. The van der Waals surface area contributed by atoms with Crippen LogP contribution < -0.4 is 0 Å². The van der Waals surface area contributed by atoms with Crippen LogP contribution in [0.3, 0.4) is 0 Å². The summed E-state index contributed by atoms with van der Waals surface area (Å²) in [6.07, 6.45) is 0.786. The first-order valence-electron chi connectivity index (χ1n) is 7.04. The molecular formula is C17H14N2OS2. The Labute approximate surface area is 136 Å². The topological polar surface area (TPSA) is 38.9 Å². The standard InChI is InChI=1S/C17H14N2OS2/c1-10-13-5-3-4-6-15(13)20-17(10)14-9-22-16(19-14)7-12-8-21-11(2)18-12/h3-6,8-9H,7H2,1-2H3. The highest BCUT2D eigenvalue weighted by Crippen LogP contribution is 2.33. The maximum atomic E-state index is 5.98. The van der Waals surface area contributed by atoms with E-state index < -0.39 is 0 Å². The lowest BCUT2D eigenvalue weighted by Crippen LogP contribution is -1.88. The number of furan rings is 1. The zero-order valence-corrected chi connectivity index (χ0v) is 13.9. The van der Waals surface area contributed by atoms with Crippen molar-refractivity contribution in [2.24, 2.45) is 0 Å². The molecule has 0 amide bonds. The number of nitrogens with zero attached hydrogens (tertiary/aromatic N) is 2. The number of hydrogen-bond donors (Lipinski definition) is 0. The first-order chi connectivity index (χ1) is 10.7. The van der Waals surface area contributed by atoms with Gasteiger partial charge in [-0.2, -0.15) is 0 Å². The molecule has 0 aliphatic carbocycles. The van der Waals surface area contributed by atoms with E-state index in [-0.39, 0.29) is 0 Å². The van der Waals surface area contributed by atoms with Gasteiger partial charge < -0.3 is 4.42 Å². The van der Waals surface area contributed by atoms with Gasteiger partial charge in [0.1, 0.15) is 11.3 Å². The minimum Gasteiger partial charge on any atom is -0.454 e. The summed E-state index contributed by atoms with van der Waals surface area (Å²) < 4.78 is 5.98. The molecule has 22 heavy (non-hydrogen) atoms. The van der Waals surface area contributed by atoms with Crippen LogP contribution in [0, 0.1) is 13.8 Å². The zero-order valence-electron chi connectivity index (χ0n) is 12.3. The van der Waals surface area contributed by atoms with E-state index in [2.05, 4.69) is 28.7 Å². The van der Waals surface area contributed by atoms with Crippen molar-refractivity contribution >= 4 is 33.6 Å². The number of fused-ring (bicyclic) bond motifs is 1. The Kier molecular flexibility index (Phi) is 3.32. The Morgan fingerprint density at radius 2 is 1.91 bits per heavy atom. The Morgan fingerprint density at radius 3 is 2.68 bits per heavy atom. The van der Waals surface area contributed by atoms with E-state index in [1.807, 2.05) is 25.1 Å². The van der Waals surface area contributed by atoms with E-state index >= 15 is 0 Å². The second-order valence-corrected chi connectivity index (χ2v) is 7.22. The third-order valence-electron chi connectivity index (χ3n) is 3.63. The molecule has 0 saturated heterocycles. The van der Waals surface area contributed by atoms with Gasteiger partial charge in [-0.3, -0.25) is 0 Å². The van der Waals surface area contributed by atoms with E-state index in [1.54, 1.807) is 22.7 Å². The van der Waals surface area contributed by atoms with Gasteiger partial charge in [-0.1, -0.05) is 18.2 Å². The molecule has 0 aliphatic rings. The summed E-state index contributed by atoms with van der Waals surface area (Å²) in [4.78, 5) is 9.23. The molecule has 3 aromatic heterocycles. The van der Waals surface area contributed by atoms with Crippen LogP contribution in [0.2, 0.25) is 0 Å². The number of aryl methyl sites for hydroxylation is 2. The fourth-order valence-corrected chi connectivity index (χ4v) is 3.96. The minimum absolute atomic E-state index is 0.786. The van der Waals surface area contributed by atoms with Gasteiger partial charge in [-0.25, -0.2) is 9.97 Å². The summed E-state index contributed by atoms with van der Waals surface area (Å²) in [7, 11) is 0. The van der Waals surface area contributed by atoms with Crippen LogP contribution >= 0.6 is 22.7 Å². The van der Waals surface area contributed by atoms with Gasteiger partial charge >= 0.3 is 0 Å². The molecule has 5 heteroatoms. The normalized spacial score (nSPS) is 11.4. The van der Waals surface area contributed by atoms with Crippen molar-refractivity contribution < 1.29 is 4.42 Å². The molecule has 0 fully saturated rings. The first-order valence-corrected chi connectivity index (χ1v) is 8.80. The van der Waals surface area contributed by atoms with E-state index in [0.29, 0.717) is 0 Å². The van der Waals surface area contributed by atoms with Gasteiger partial charge in [0, 0.05) is 28.1 Å². The van der Waals surface area contributed by atoms with Gasteiger partial charge in [-0.05, 0) is 19.9 Å². The van der Waals surface area contributed by atoms with Crippen molar-refractivity contribution in [1.29, 1.82) is 0 Å². The second kappa shape index (κ2) is 5.34. The van der Waals surface area contributed by atoms with Gasteiger partial charge in [-0.15, -0.1) is 22.7 Å². The number of para-hydroxylation sites is 1. The number of rotatable bonds is 3. The molecule has 3 nitrogen and oxygen atoms in total. The van der Waals surface area contributed by atoms with Crippen LogP contribution in [-0.2, 0) is 6.42 Å². The number of thiazole rings is 2. The summed E-state index contributed by atoms with van der Waals surface area (Å²) in [6.45, 7) is 4.11. The summed E-state index contributed by atoms with van der Waals surface area (Å²) in [6, 6.07) is 8.11. The van der Waals surface area contributed by atoms with Crippen LogP contribution in [-0.4, -0.2) is 9.97 Å². The van der Waals surface area contributed by atoms with Crippen LogP contribution in [0.1, 0.15) is 21.3 Å². The molecule has 0 atom stereocenters. The van der Waals surface area contributed by atoms with Crippen LogP contribution in [0.4, 0.5) is 0 Å². The van der Waals surface area contributed by atoms with Crippen LogP contribution in [0.25, 0.3) is 22.4 Å². The third-order valence-corrected chi connectivity index (χ3v) is 5.30. The third kappa shape index (κ3) is 2.36. The van der Waals surface area contributed by atoms with Crippen molar-refractivity contribution in [2.45, 2.75) is 20.3 Å². The molecule has 110 valence electrons. The molecule has 4 rings (SSSR count).